The average molecular weight is 177 g/mol. The minimum Gasteiger partial charge on any atom is -0.271 e. The van der Waals surface area contributed by atoms with Crippen LogP contribution in [-0.2, 0) is 0 Å². The van der Waals surface area contributed by atoms with Gasteiger partial charge in [-0.1, -0.05) is 12.2 Å². The van der Waals surface area contributed by atoms with E-state index < -0.39 is 0 Å². The normalized spacial score (nSPS) is 12.5. The van der Waals surface area contributed by atoms with Crippen LogP contribution in [0.3, 0.4) is 0 Å². The SMILES string of the molecule is C=C(C)C(NN)c1ccncc1C. The van der Waals surface area contributed by atoms with Crippen LogP contribution in [0, 0.1) is 6.92 Å². The molecule has 70 valence electrons. The average Bonchev–Trinajstić information content (AvgIpc) is 2.09. The Morgan fingerprint density at radius 3 is 2.85 bits per heavy atom. The highest BCUT2D eigenvalue weighted by Gasteiger charge is 2.11. The van der Waals surface area contributed by atoms with Crippen LogP contribution in [0.15, 0.2) is 30.6 Å². The van der Waals surface area contributed by atoms with Crippen molar-refractivity contribution in [3.8, 4) is 0 Å². The van der Waals surface area contributed by atoms with Crippen LogP contribution in [0.4, 0.5) is 0 Å². The molecule has 0 aromatic carbocycles. The number of hydrogen-bond donors (Lipinski definition) is 2. The van der Waals surface area contributed by atoms with E-state index in [0.717, 1.165) is 16.7 Å². The van der Waals surface area contributed by atoms with Gasteiger partial charge in [-0.05, 0) is 31.0 Å². The fraction of sp³-hybridized carbons (Fsp3) is 0.300. The molecule has 3 nitrogen and oxygen atoms in total. The van der Waals surface area contributed by atoms with Gasteiger partial charge in [0.25, 0.3) is 0 Å². The minimum absolute atomic E-state index is 0.0167. The van der Waals surface area contributed by atoms with Gasteiger partial charge in [-0.2, -0.15) is 0 Å². The van der Waals surface area contributed by atoms with Gasteiger partial charge in [-0.25, -0.2) is 5.43 Å². The predicted octanol–water partition coefficient (Wildman–Crippen LogP) is 1.47. The Morgan fingerprint density at radius 2 is 2.38 bits per heavy atom. The molecule has 0 saturated carbocycles. The van der Waals surface area contributed by atoms with Crippen molar-refractivity contribution in [2.75, 3.05) is 0 Å². The fourth-order valence-electron chi connectivity index (χ4n) is 1.31. The Labute approximate surface area is 78.6 Å². The number of hydrazine groups is 1. The minimum atomic E-state index is 0.0167. The number of aryl methyl sites for hydroxylation is 1. The van der Waals surface area contributed by atoms with Gasteiger partial charge in [0.1, 0.15) is 0 Å². The highest BCUT2D eigenvalue weighted by molar-refractivity contribution is 5.30. The van der Waals surface area contributed by atoms with Crippen LogP contribution in [0.25, 0.3) is 0 Å². The van der Waals surface area contributed by atoms with E-state index in [0.29, 0.717) is 0 Å². The third kappa shape index (κ3) is 2.14. The zero-order valence-electron chi connectivity index (χ0n) is 8.04. The van der Waals surface area contributed by atoms with Crippen molar-refractivity contribution in [3.05, 3.63) is 41.7 Å². The van der Waals surface area contributed by atoms with Crippen LogP contribution in [0.1, 0.15) is 24.1 Å². The fourth-order valence-corrected chi connectivity index (χ4v) is 1.31. The van der Waals surface area contributed by atoms with Crippen molar-refractivity contribution in [3.63, 3.8) is 0 Å². The van der Waals surface area contributed by atoms with Crippen molar-refractivity contribution in [2.24, 2.45) is 5.84 Å². The lowest BCUT2D eigenvalue weighted by Crippen LogP contribution is -2.29. The largest absolute Gasteiger partial charge is 0.271 e. The van der Waals surface area contributed by atoms with Gasteiger partial charge in [0.2, 0.25) is 0 Å². The van der Waals surface area contributed by atoms with Crippen molar-refractivity contribution >= 4 is 0 Å². The monoisotopic (exact) mass is 177 g/mol. The molecule has 0 aliphatic rings. The van der Waals surface area contributed by atoms with Crippen LogP contribution < -0.4 is 11.3 Å². The summed E-state index contributed by atoms with van der Waals surface area (Å²) in [6.45, 7) is 7.84. The quantitative estimate of drug-likeness (QED) is 0.417. The third-order valence-corrected chi connectivity index (χ3v) is 2.03. The molecule has 1 rings (SSSR count). The van der Waals surface area contributed by atoms with Crippen molar-refractivity contribution in [1.82, 2.24) is 10.4 Å². The molecule has 3 N–H and O–H groups in total. The summed E-state index contributed by atoms with van der Waals surface area (Å²) in [7, 11) is 0. The Hall–Kier alpha value is -1.19. The lowest BCUT2D eigenvalue weighted by atomic mass is 9.99. The molecule has 0 radical (unpaired) electrons. The number of aromatic nitrogens is 1. The molecular formula is C10H15N3. The Balaban J connectivity index is 3.04. The Morgan fingerprint density at radius 1 is 1.69 bits per heavy atom. The summed E-state index contributed by atoms with van der Waals surface area (Å²) in [4.78, 5) is 4.02. The molecule has 0 aliphatic heterocycles. The van der Waals surface area contributed by atoms with E-state index in [1.807, 2.05) is 26.1 Å². The van der Waals surface area contributed by atoms with E-state index in [1.165, 1.54) is 0 Å². The predicted molar refractivity (Wildman–Crippen MR) is 53.9 cm³/mol. The zero-order valence-corrected chi connectivity index (χ0v) is 8.04. The van der Waals surface area contributed by atoms with E-state index in [-0.39, 0.29) is 6.04 Å². The van der Waals surface area contributed by atoms with Crippen molar-refractivity contribution in [1.29, 1.82) is 0 Å². The standard InChI is InChI=1S/C10H15N3/c1-7(2)10(13-11)9-4-5-12-6-8(9)3/h4-6,10,13H,1,11H2,2-3H3. The van der Waals surface area contributed by atoms with Gasteiger partial charge in [0.15, 0.2) is 0 Å². The van der Waals surface area contributed by atoms with Gasteiger partial charge in [-0.3, -0.25) is 10.8 Å². The lowest BCUT2D eigenvalue weighted by Gasteiger charge is -2.17. The third-order valence-electron chi connectivity index (χ3n) is 2.03. The highest BCUT2D eigenvalue weighted by Crippen LogP contribution is 2.21. The molecule has 0 spiro atoms. The first-order chi connectivity index (χ1) is 6.16. The molecule has 1 atom stereocenters. The van der Waals surface area contributed by atoms with Crippen LogP contribution >= 0.6 is 0 Å². The highest BCUT2D eigenvalue weighted by atomic mass is 15.2. The maximum atomic E-state index is 5.44. The Bertz CT molecular complexity index is 307. The molecule has 1 unspecified atom stereocenters. The van der Waals surface area contributed by atoms with Gasteiger partial charge in [0, 0.05) is 12.4 Å². The molecule has 0 fully saturated rings. The molecule has 13 heavy (non-hydrogen) atoms. The maximum Gasteiger partial charge on any atom is 0.0668 e. The molecule has 3 heteroatoms. The summed E-state index contributed by atoms with van der Waals surface area (Å²) >= 11 is 0. The first-order valence-corrected chi connectivity index (χ1v) is 4.19. The smallest absolute Gasteiger partial charge is 0.0668 e. The lowest BCUT2D eigenvalue weighted by molar-refractivity contribution is 0.623. The number of nitrogens with zero attached hydrogens (tertiary/aromatic N) is 1. The number of pyridine rings is 1. The second-order valence-corrected chi connectivity index (χ2v) is 3.18. The van der Waals surface area contributed by atoms with E-state index in [2.05, 4.69) is 17.0 Å². The van der Waals surface area contributed by atoms with Crippen LogP contribution in [0.5, 0.6) is 0 Å². The summed E-state index contributed by atoms with van der Waals surface area (Å²) in [5.41, 5.74) is 5.98. The number of nitrogens with one attached hydrogen (secondary N) is 1. The molecule has 1 aromatic heterocycles. The Kier molecular flexibility index (Phi) is 3.17. The first-order valence-electron chi connectivity index (χ1n) is 4.19. The molecule has 0 bridgehead atoms. The number of nitrogens with two attached hydrogens (primary N) is 1. The summed E-state index contributed by atoms with van der Waals surface area (Å²) < 4.78 is 0. The molecule has 0 saturated heterocycles. The van der Waals surface area contributed by atoms with E-state index in [1.54, 1.807) is 6.20 Å². The van der Waals surface area contributed by atoms with Gasteiger partial charge < -0.3 is 0 Å². The van der Waals surface area contributed by atoms with Gasteiger partial charge >= 0.3 is 0 Å². The number of rotatable bonds is 3. The van der Waals surface area contributed by atoms with E-state index >= 15 is 0 Å². The van der Waals surface area contributed by atoms with E-state index in [9.17, 15) is 0 Å². The summed E-state index contributed by atoms with van der Waals surface area (Å²) in [5.74, 6) is 5.44. The second-order valence-electron chi connectivity index (χ2n) is 3.18. The van der Waals surface area contributed by atoms with Crippen molar-refractivity contribution < 1.29 is 0 Å². The number of hydrogen-bond acceptors (Lipinski definition) is 3. The second kappa shape index (κ2) is 4.16. The molecule has 0 aliphatic carbocycles. The molecular weight excluding hydrogens is 162 g/mol. The van der Waals surface area contributed by atoms with Crippen LogP contribution in [0.2, 0.25) is 0 Å². The van der Waals surface area contributed by atoms with Gasteiger partial charge in [0.05, 0.1) is 6.04 Å². The van der Waals surface area contributed by atoms with Crippen molar-refractivity contribution in [2.45, 2.75) is 19.9 Å². The summed E-state index contributed by atoms with van der Waals surface area (Å²) in [6.07, 6.45) is 3.58. The van der Waals surface area contributed by atoms with Gasteiger partial charge in [-0.15, -0.1) is 0 Å². The summed E-state index contributed by atoms with van der Waals surface area (Å²) in [6, 6.07) is 1.97. The first kappa shape index (κ1) is 9.89. The molecule has 0 amide bonds. The van der Waals surface area contributed by atoms with Crippen LogP contribution in [-0.4, -0.2) is 4.98 Å². The van der Waals surface area contributed by atoms with E-state index in [4.69, 9.17) is 5.84 Å². The summed E-state index contributed by atoms with van der Waals surface area (Å²) in [5, 5.41) is 0. The molecule has 1 heterocycles. The molecule has 1 aromatic rings. The maximum absolute atomic E-state index is 5.44. The topological polar surface area (TPSA) is 50.9 Å². The zero-order chi connectivity index (χ0) is 9.84.